The summed E-state index contributed by atoms with van der Waals surface area (Å²) in [7, 11) is 1.37. The molecule has 1 aliphatic heterocycles. The summed E-state index contributed by atoms with van der Waals surface area (Å²) in [6, 6.07) is 8.02. The van der Waals surface area contributed by atoms with Crippen LogP contribution in [-0.2, 0) is 16.0 Å². The van der Waals surface area contributed by atoms with Crippen LogP contribution in [0.1, 0.15) is 5.56 Å². The third-order valence-electron chi connectivity index (χ3n) is 2.82. The van der Waals surface area contributed by atoms with E-state index in [0.29, 0.717) is 11.0 Å². The summed E-state index contributed by atoms with van der Waals surface area (Å²) in [5.74, 6) is 1.31. The first kappa shape index (κ1) is 13.8. The number of methoxy groups -OCH3 is 1. The minimum absolute atomic E-state index is 0.329. The molecule has 0 saturated carbocycles. The Balaban J connectivity index is 1.73. The topological polar surface area (TPSA) is 52.3 Å². The smallest absolute Gasteiger partial charge is 0.323 e. The van der Waals surface area contributed by atoms with Crippen molar-refractivity contribution in [2.45, 2.75) is 22.6 Å². The first-order chi connectivity index (χ1) is 8.70. The number of esters is 1. The molecule has 3 nitrogen and oxygen atoms in total. The van der Waals surface area contributed by atoms with Crippen molar-refractivity contribution in [1.29, 1.82) is 0 Å². The summed E-state index contributed by atoms with van der Waals surface area (Å²) in [5, 5.41) is 0.595. The van der Waals surface area contributed by atoms with Crippen LogP contribution < -0.4 is 5.73 Å². The molecule has 2 atom stereocenters. The predicted octanol–water partition coefficient (Wildman–Crippen LogP) is 1.94. The minimum Gasteiger partial charge on any atom is -0.468 e. The van der Waals surface area contributed by atoms with Crippen LogP contribution in [-0.4, -0.2) is 35.9 Å². The maximum Gasteiger partial charge on any atom is 0.323 e. The standard InChI is InChI=1S/C13H17NO2S2/c1-16-13(15)11(14)8-17-7-10-6-9-4-2-3-5-12(9)18-10/h2-5,10-11H,6-8,14H2,1H3. The molecule has 0 radical (unpaired) electrons. The van der Waals surface area contributed by atoms with E-state index in [1.807, 2.05) is 11.8 Å². The highest BCUT2D eigenvalue weighted by atomic mass is 32.2. The molecule has 2 rings (SSSR count). The lowest BCUT2D eigenvalue weighted by Crippen LogP contribution is -2.34. The molecular weight excluding hydrogens is 266 g/mol. The lowest BCUT2D eigenvalue weighted by Gasteiger charge is -2.11. The van der Waals surface area contributed by atoms with Gasteiger partial charge in [-0.05, 0) is 18.1 Å². The van der Waals surface area contributed by atoms with Crippen molar-refractivity contribution < 1.29 is 9.53 Å². The fourth-order valence-corrected chi connectivity index (χ4v) is 4.44. The van der Waals surface area contributed by atoms with Crippen LogP contribution in [0.4, 0.5) is 0 Å². The number of carbonyl (C=O) groups is 1. The number of rotatable bonds is 5. The fourth-order valence-electron chi connectivity index (χ4n) is 1.89. The first-order valence-electron chi connectivity index (χ1n) is 5.86. The Labute approximate surface area is 116 Å². The van der Waals surface area contributed by atoms with Crippen molar-refractivity contribution >= 4 is 29.5 Å². The quantitative estimate of drug-likeness (QED) is 0.837. The van der Waals surface area contributed by atoms with Crippen molar-refractivity contribution in [1.82, 2.24) is 0 Å². The van der Waals surface area contributed by atoms with Gasteiger partial charge in [0.05, 0.1) is 7.11 Å². The summed E-state index contributed by atoms with van der Waals surface area (Å²) in [6.07, 6.45) is 1.11. The van der Waals surface area contributed by atoms with Crippen LogP contribution in [0.3, 0.4) is 0 Å². The predicted molar refractivity (Wildman–Crippen MR) is 77.1 cm³/mol. The van der Waals surface area contributed by atoms with Crippen LogP contribution in [0.15, 0.2) is 29.2 Å². The molecule has 0 saturated heterocycles. The molecule has 0 bridgehead atoms. The van der Waals surface area contributed by atoms with Crippen molar-refractivity contribution in [3.8, 4) is 0 Å². The van der Waals surface area contributed by atoms with Gasteiger partial charge in [0.15, 0.2) is 0 Å². The Kier molecular flexibility index (Phi) is 4.97. The maximum atomic E-state index is 11.2. The van der Waals surface area contributed by atoms with Crippen molar-refractivity contribution in [3.63, 3.8) is 0 Å². The highest BCUT2D eigenvalue weighted by Gasteiger charge is 2.22. The molecule has 0 aliphatic carbocycles. The van der Waals surface area contributed by atoms with Crippen LogP contribution in [0, 0.1) is 0 Å². The van der Waals surface area contributed by atoms with E-state index in [1.165, 1.54) is 17.6 Å². The second-order valence-corrected chi connectivity index (χ2v) is 6.64. The molecular formula is C13H17NO2S2. The summed E-state index contributed by atoms with van der Waals surface area (Å²) in [6.45, 7) is 0. The molecule has 2 N–H and O–H groups in total. The van der Waals surface area contributed by atoms with E-state index in [1.54, 1.807) is 11.8 Å². The maximum absolute atomic E-state index is 11.2. The van der Waals surface area contributed by atoms with E-state index >= 15 is 0 Å². The summed E-state index contributed by atoms with van der Waals surface area (Å²) in [5.41, 5.74) is 7.13. The highest BCUT2D eigenvalue weighted by Crippen LogP contribution is 2.38. The Bertz CT molecular complexity index is 400. The largest absolute Gasteiger partial charge is 0.468 e. The molecule has 2 unspecified atom stereocenters. The summed E-state index contributed by atoms with van der Waals surface area (Å²) in [4.78, 5) is 12.5. The molecule has 1 heterocycles. The van der Waals surface area contributed by atoms with Gasteiger partial charge < -0.3 is 10.5 Å². The van der Waals surface area contributed by atoms with Gasteiger partial charge in [0.1, 0.15) is 6.04 Å². The zero-order valence-electron chi connectivity index (χ0n) is 10.3. The van der Waals surface area contributed by atoms with Gasteiger partial charge in [0, 0.05) is 21.7 Å². The van der Waals surface area contributed by atoms with E-state index in [-0.39, 0.29) is 5.97 Å². The van der Waals surface area contributed by atoms with Crippen LogP contribution in [0.5, 0.6) is 0 Å². The molecule has 1 aromatic rings. The number of benzene rings is 1. The van der Waals surface area contributed by atoms with E-state index in [0.717, 1.165) is 12.2 Å². The van der Waals surface area contributed by atoms with E-state index in [4.69, 9.17) is 5.73 Å². The van der Waals surface area contributed by atoms with Gasteiger partial charge in [-0.2, -0.15) is 11.8 Å². The summed E-state index contributed by atoms with van der Waals surface area (Å²) >= 11 is 3.65. The zero-order chi connectivity index (χ0) is 13.0. The molecule has 5 heteroatoms. The minimum atomic E-state index is -0.506. The molecule has 0 fully saturated rings. The third kappa shape index (κ3) is 3.43. The van der Waals surface area contributed by atoms with Gasteiger partial charge in [-0.3, -0.25) is 4.79 Å². The monoisotopic (exact) mass is 283 g/mol. The Morgan fingerprint density at radius 3 is 3.11 bits per heavy atom. The van der Waals surface area contributed by atoms with E-state index in [9.17, 15) is 4.79 Å². The number of fused-ring (bicyclic) bond motifs is 1. The van der Waals surface area contributed by atoms with Gasteiger partial charge in [-0.25, -0.2) is 0 Å². The number of ether oxygens (including phenoxy) is 1. The van der Waals surface area contributed by atoms with Crippen LogP contribution in [0.25, 0.3) is 0 Å². The molecule has 0 amide bonds. The Morgan fingerprint density at radius 2 is 2.39 bits per heavy atom. The highest BCUT2D eigenvalue weighted by molar-refractivity contribution is 8.03. The number of hydrogen-bond donors (Lipinski definition) is 1. The SMILES string of the molecule is COC(=O)C(N)CSCC1Cc2ccccc2S1. The van der Waals surface area contributed by atoms with Crippen LogP contribution >= 0.6 is 23.5 Å². The lowest BCUT2D eigenvalue weighted by molar-refractivity contribution is -0.141. The first-order valence-corrected chi connectivity index (χ1v) is 7.90. The second kappa shape index (κ2) is 6.50. The Morgan fingerprint density at radius 1 is 1.61 bits per heavy atom. The number of thioether (sulfide) groups is 2. The van der Waals surface area contributed by atoms with Crippen molar-refractivity contribution in [2.24, 2.45) is 5.73 Å². The van der Waals surface area contributed by atoms with Gasteiger partial charge in [-0.15, -0.1) is 11.8 Å². The molecule has 98 valence electrons. The van der Waals surface area contributed by atoms with E-state index < -0.39 is 6.04 Å². The normalized spacial score (nSPS) is 19.3. The van der Waals surface area contributed by atoms with E-state index in [2.05, 4.69) is 29.0 Å². The number of nitrogens with two attached hydrogens (primary N) is 1. The van der Waals surface area contributed by atoms with Gasteiger partial charge >= 0.3 is 5.97 Å². The number of hydrogen-bond acceptors (Lipinski definition) is 5. The van der Waals surface area contributed by atoms with Gasteiger partial charge in [-0.1, -0.05) is 18.2 Å². The van der Waals surface area contributed by atoms with Gasteiger partial charge in [0.25, 0.3) is 0 Å². The lowest BCUT2D eigenvalue weighted by atomic mass is 10.1. The Hall–Kier alpha value is -0.650. The third-order valence-corrected chi connectivity index (χ3v) is 5.58. The van der Waals surface area contributed by atoms with Gasteiger partial charge in [0.2, 0.25) is 0 Å². The molecule has 1 aromatic carbocycles. The van der Waals surface area contributed by atoms with Crippen LogP contribution in [0.2, 0.25) is 0 Å². The zero-order valence-corrected chi connectivity index (χ0v) is 11.9. The molecule has 1 aliphatic rings. The molecule has 0 spiro atoms. The number of carbonyl (C=O) groups excluding carboxylic acids is 1. The summed E-state index contributed by atoms with van der Waals surface area (Å²) < 4.78 is 4.60. The molecule has 18 heavy (non-hydrogen) atoms. The van der Waals surface area contributed by atoms with Crippen molar-refractivity contribution in [2.75, 3.05) is 18.6 Å². The van der Waals surface area contributed by atoms with Crippen molar-refractivity contribution in [3.05, 3.63) is 29.8 Å². The average molecular weight is 283 g/mol. The molecule has 0 aromatic heterocycles. The fraction of sp³-hybridized carbons (Fsp3) is 0.462. The second-order valence-electron chi connectivity index (χ2n) is 4.22. The average Bonchev–Trinajstić information content (AvgIpc) is 2.80.